The van der Waals surface area contributed by atoms with Crippen LogP contribution in [0.3, 0.4) is 0 Å². The molecule has 1 fully saturated rings. The summed E-state index contributed by atoms with van der Waals surface area (Å²) in [4.78, 5) is 21.4. The molecular formula is C23H28N6OS. The number of hydrogen-bond donors (Lipinski definition) is 2. The zero-order valence-electron chi connectivity index (χ0n) is 17.5. The Bertz CT molecular complexity index is 924. The Morgan fingerprint density at radius 3 is 2.42 bits per heavy atom. The molecule has 0 spiro atoms. The van der Waals surface area contributed by atoms with Crippen LogP contribution in [0.25, 0.3) is 0 Å². The van der Waals surface area contributed by atoms with Gasteiger partial charge in [-0.15, -0.1) is 0 Å². The van der Waals surface area contributed by atoms with Crippen LogP contribution in [-0.4, -0.2) is 70.2 Å². The molecule has 2 N–H and O–H groups in total. The third kappa shape index (κ3) is 6.65. The van der Waals surface area contributed by atoms with Gasteiger partial charge in [-0.1, -0.05) is 54.2 Å². The van der Waals surface area contributed by atoms with E-state index in [2.05, 4.69) is 60.6 Å². The molecule has 1 saturated heterocycles. The van der Waals surface area contributed by atoms with Crippen molar-refractivity contribution >= 4 is 17.7 Å². The molecule has 3 aromatic rings. The van der Waals surface area contributed by atoms with Crippen molar-refractivity contribution in [1.82, 2.24) is 30.3 Å². The van der Waals surface area contributed by atoms with E-state index in [1.807, 2.05) is 24.3 Å². The maximum absolute atomic E-state index is 12.4. The predicted molar refractivity (Wildman–Crippen MR) is 123 cm³/mol. The molecule has 8 heteroatoms. The summed E-state index contributed by atoms with van der Waals surface area (Å²) in [6.45, 7) is 6.78. The molecule has 0 aliphatic carbocycles. The van der Waals surface area contributed by atoms with E-state index in [0.717, 1.165) is 55.7 Å². The topological polar surface area (TPSA) is 77.2 Å². The number of nitrogens with zero attached hydrogens (tertiary/aromatic N) is 4. The second-order valence-corrected chi connectivity index (χ2v) is 8.60. The van der Waals surface area contributed by atoms with E-state index in [0.29, 0.717) is 12.1 Å². The number of rotatable bonds is 9. The summed E-state index contributed by atoms with van der Waals surface area (Å²) in [5.41, 5.74) is 3.21. The SMILES string of the molecule is O=C(NCCN1CCN(Cc2ccccc2)CC1)c1ccc(CSc2ncn[nH]2)cc1. The highest BCUT2D eigenvalue weighted by Gasteiger charge is 2.17. The Labute approximate surface area is 187 Å². The molecule has 2 aromatic carbocycles. The van der Waals surface area contributed by atoms with E-state index >= 15 is 0 Å². The lowest BCUT2D eigenvalue weighted by Crippen LogP contribution is -2.48. The van der Waals surface area contributed by atoms with Crippen LogP contribution in [-0.2, 0) is 12.3 Å². The largest absolute Gasteiger partial charge is 0.351 e. The maximum Gasteiger partial charge on any atom is 0.251 e. The Hall–Kier alpha value is -2.68. The van der Waals surface area contributed by atoms with Gasteiger partial charge in [0.05, 0.1) is 0 Å². The van der Waals surface area contributed by atoms with E-state index < -0.39 is 0 Å². The van der Waals surface area contributed by atoms with E-state index in [4.69, 9.17) is 0 Å². The minimum absolute atomic E-state index is 0.0165. The lowest BCUT2D eigenvalue weighted by molar-refractivity contribution is 0.0934. The number of H-pyrrole nitrogens is 1. The molecule has 0 atom stereocenters. The Kier molecular flexibility index (Phi) is 7.71. The van der Waals surface area contributed by atoms with Gasteiger partial charge in [0.1, 0.15) is 6.33 Å². The van der Waals surface area contributed by atoms with Crippen LogP contribution in [0.15, 0.2) is 66.1 Å². The fraction of sp³-hybridized carbons (Fsp3) is 0.348. The summed E-state index contributed by atoms with van der Waals surface area (Å²) in [5, 5.41) is 10.5. The van der Waals surface area contributed by atoms with E-state index in [1.54, 1.807) is 11.8 Å². The molecule has 0 radical (unpaired) electrons. The minimum atomic E-state index is -0.0165. The fourth-order valence-electron chi connectivity index (χ4n) is 3.61. The van der Waals surface area contributed by atoms with Gasteiger partial charge in [0.15, 0.2) is 5.16 Å². The molecule has 1 aliphatic rings. The number of piperazine rings is 1. The zero-order valence-corrected chi connectivity index (χ0v) is 18.4. The first kappa shape index (κ1) is 21.5. The number of thioether (sulfide) groups is 1. The molecule has 1 amide bonds. The van der Waals surface area contributed by atoms with Crippen molar-refractivity contribution in [3.63, 3.8) is 0 Å². The van der Waals surface area contributed by atoms with Crippen molar-refractivity contribution in [3.8, 4) is 0 Å². The van der Waals surface area contributed by atoms with Gasteiger partial charge in [0.25, 0.3) is 5.91 Å². The third-order valence-electron chi connectivity index (χ3n) is 5.41. The Morgan fingerprint density at radius 2 is 1.71 bits per heavy atom. The number of carbonyl (C=O) groups is 1. The number of carbonyl (C=O) groups excluding carboxylic acids is 1. The van der Waals surface area contributed by atoms with Crippen LogP contribution in [0.1, 0.15) is 21.5 Å². The van der Waals surface area contributed by atoms with Gasteiger partial charge in [-0.2, -0.15) is 5.10 Å². The van der Waals surface area contributed by atoms with Gasteiger partial charge in [-0.25, -0.2) is 4.98 Å². The smallest absolute Gasteiger partial charge is 0.251 e. The standard InChI is InChI=1S/C23H28N6OS/c30-22(21-8-6-20(7-9-21)17-31-23-25-18-26-27-23)24-10-11-28-12-14-29(15-13-28)16-19-4-2-1-3-5-19/h1-9,18H,10-17H2,(H,24,30)(H,25,26,27). The molecule has 0 saturated carbocycles. The molecule has 31 heavy (non-hydrogen) atoms. The van der Waals surface area contributed by atoms with Gasteiger partial charge in [-0.05, 0) is 23.3 Å². The van der Waals surface area contributed by atoms with Gasteiger partial charge < -0.3 is 5.32 Å². The van der Waals surface area contributed by atoms with Gasteiger partial charge in [-0.3, -0.25) is 19.7 Å². The van der Waals surface area contributed by atoms with Crippen LogP contribution in [0, 0.1) is 0 Å². The highest BCUT2D eigenvalue weighted by atomic mass is 32.2. The second kappa shape index (κ2) is 11.1. The Morgan fingerprint density at radius 1 is 0.968 bits per heavy atom. The second-order valence-electron chi connectivity index (χ2n) is 7.64. The summed E-state index contributed by atoms with van der Waals surface area (Å²) >= 11 is 1.59. The summed E-state index contributed by atoms with van der Waals surface area (Å²) in [6, 6.07) is 18.4. The molecule has 1 aromatic heterocycles. The molecule has 7 nitrogen and oxygen atoms in total. The molecule has 0 bridgehead atoms. The minimum Gasteiger partial charge on any atom is -0.351 e. The fourth-order valence-corrected chi connectivity index (χ4v) is 4.34. The molecule has 1 aliphatic heterocycles. The monoisotopic (exact) mass is 436 g/mol. The number of amides is 1. The third-order valence-corrected chi connectivity index (χ3v) is 6.36. The number of aromatic nitrogens is 3. The van der Waals surface area contributed by atoms with E-state index in [1.165, 1.54) is 11.9 Å². The molecular weight excluding hydrogens is 408 g/mol. The highest BCUT2D eigenvalue weighted by Crippen LogP contribution is 2.18. The normalized spacial score (nSPS) is 15.1. The lowest BCUT2D eigenvalue weighted by atomic mass is 10.1. The van der Waals surface area contributed by atoms with Crippen LogP contribution >= 0.6 is 11.8 Å². The van der Waals surface area contributed by atoms with Crippen LogP contribution in [0.5, 0.6) is 0 Å². The van der Waals surface area contributed by atoms with Crippen LogP contribution in [0.2, 0.25) is 0 Å². The first-order valence-electron chi connectivity index (χ1n) is 10.6. The summed E-state index contributed by atoms with van der Waals surface area (Å²) in [5.74, 6) is 0.769. The molecule has 0 unspecified atom stereocenters. The Balaban J connectivity index is 1.13. The average Bonchev–Trinajstić information content (AvgIpc) is 3.34. The van der Waals surface area contributed by atoms with Crippen molar-refractivity contribution in [2.24, 2.45) is 0 Å². The maximum atomic E-state index is 12.4. The molecule has 4 rings (SSSR count). The predicted octanol–water partition coefficient (Wildman–Crippen LogP) is 2.64. The van der Waals surface area contributed by atoms with E-state index in [9.17, 15) is 4.79 Å². The quantitative estimate of drug-likeness (QED) is 0.502. The van der Waals surface area contributed by atoms with Crippen molar-refractivity contribution in [1.29, 1.82) is 0 Å². The van der Waals surface area contributed by atoms with Crippen molar-refractivity contribution in [3.05, 3.63) is 77.6 Å². The van der Waals surface area contributed by atoms with Crippen molar-refractivity contribution in [2.45, 2.75) is 17.5 Å². The molecule has 2 heterocycles. The summed E-state index contributed by atoms with van der Waals surface area (Å²) < 4.78 is 0. The highest BCUT2D eigenvalue weighted by molar-refractivity contribution is 7.98. The zero-order chi connectivity index (χ0) is 21.3. The molecule has 162 valence electrons. The average molecular weight is 437 g/mol. The van der Waals surface area contributed by atoms with Gasteiger partial charge in [0, 0.05) is 57.1 Å². The number of hydrogen-bond acceptors (Lipinski definition) is 6. The first-order chi connectivity index (χ1) is 15.3. The number of aromatic amines is 1. The van der Waals surface area contributed by atoms with Gasteiger partial charge >= 0.3 is 0 Å². The first-order valence-corrected chi connectivity index (χ1v) is 11.6. The van der Waals surface area contributed by atoms with Crippen molar-refractivity contribution < 1.29 is 4.79 Å². The number of nitrogens with one attached hydrogen (secondary N) is 2. The lowest BCUT2D eigenvalue weighted by Gasteiger charge is -2.34. The summed E-state index contributed by atoms with van der Waals surface area (Å²) in [6.07, 6.45) is 1.50. The number of benzene rings is 2. The van der Waals surface area contributed by atoms with Crippen molar-refractivity contribution in [2.75, 3.05) is 39.3 Å². The van der Waals surface area contributed by atoms with Crippen LogP contribution in [0.4, 0.5) is 0 Å². The van der Waals surface area contributed by atoms with Gasteiger partial charge in [0.2, 0.25) is 0 Å². The van der Waals surface area contributed by atoms with Crippen LogP contribution < -0.4 is 5.32 Å². The van der Waals surface area contributed by atoms with E-state index in [-0.39, 0.29) is 5.91 Å². The summed E-state index contributed by atoms with van der Waals surface area (Å²) in [7, 11) is 0.